The van der Waals surface area contributed by atoms with Crippen LogP contribution in [0.15, 0.2) is 24.4 Å². The third-order valence-corrected chi connectivity index (χ3v) is 3.00. The molecule has 4 heteroatoms. The summed E-state index contributed by atoms with van der Waals surface area (Å²) in [4.78, 5) is 8.74. The van der Waals surface area contributed by atoms with Gasteiger partial charge in [-0.05, 0) is 38.0 Å². The molecule has 0 atom stereocenters. The van der Waals surface area contributed by atoms with Gasteiger partial charge in [0, 0.05) is 12.7 Å². The van der Waals surface area contributed by atoms with Crippen LogP contribution >= 0.6 is 0 Å². The van der Waals surface area contributed by atoms with E-state index in [9.17, 15) is 0 Å². The molecule has 1 aromatic heterocycles. The Morgan fingerprint density at radius 1 is 1.21 bits per heavy atom. The molecule has 1 heterocycles. The van der Waals surface area contributed by atoms with Crippen molar-refractivity contribution in [3.05, 3.63) is 46.9 Å². The maximum atomic E-state index is 5.25. The zero-order chi connectivity index (χ0) is 13.8. The summed E-state index contributed by atoms with van der Waals surface area (Å²) >= 11 is 0. The third-order valence-electron chi connectivity index (χ3n) is 3.00. The number of benzene rings is 1. The highest BCUT2D eigenvalue weighted by Gasteiger charge is 2.03. The number of rotatable bonds is 4. The second-order valence-electron chi connectivity index (χ2n) is 4.60. The van der Waals surface area contributed by atoms with Crippen molar-refractivity contribution < 1.29 is 4.74 Å². The van der Waals surface area contributed by atoms with Gasteiger partial charge in [-0.2, -0.15) is 0 Å². The zero-order valence-corrected chi connectivity index (χ0v) is 11.8. The summed E-state index contributed by atoms with van der Waals surface area (Å²) in [7, 11) is 1.69. The number of hydrogen-bond acceptors (Lipinski definition) is 4. The van der Waals surface area contributed by atoms with Crippen LogP contribution in [0, 0.1) is 20.8 Å². The first kappa shape index (κ1) is 13.3. The molecule has 0 aliphatic carbocycles. The van der Waals surface area contributed by atoms with Crippen LogP contribution in [0.2, 0.25) is 0 Å². The monoisotopic (exact) mass is 257 g/mol. The molecule has 0 aliphatic heterocycles. The predicted molar refractivity (Wildman–Crippen MR) is 76.6 cm³/mol. The van der Waals surface area contributed by atoms with Gasteiger partial charge in [-0.15, -0.1) is 0 Å². The Hall–Kier alpha value is -2.10. The van der Waals surface area contributed by atoms with Crippen molar-refractivity contribution in [1.29, 1.82) is 0 Å². The lowest BCUT2D eigenvalue weighted by Gasteiger charge is -2.10. The Morgan fingerprint density at radius 3 is 2.68 bits per heavy atom. The van der Waals surface area contributed by atoms with Crippen LogP contribution < -0.4 is 10.1 Å². The van der Waals surface area contributed by atoms with E-state index < -0.39 is 0 Å². The van der Waals surface area contributed by atoms with Gasteiger partial charge in [0.05, 0.1) is 18.5 Å². The fraction of sp³-hybridized carbons (Fsp3) is 0.333. The third kappa shape index (κ3) is 3.22. The van der Waals surface area contributed by atoms with Crippen LogP contribution in [0.3, 0.4) is 0 Å². The first-order chi connectivity index (χ1) is 9.10. The highest BCUT2D eigenvalue weighted by molar-refractivity contribution is 5.42. The van der Waals surface area contributed by atoms with Crippen molar-refractivity contribution in [2.45, 2.75) is 27.3 Å². The van der Waals surface area contributed by atoms with Crippen molar-refractivity contribution in [3.63, 3.8) is 0 Å². The first-order valence-corrected chi connectivity index (χ1v) is 6.28. The van der Waals surface area contributed by atoms with Crippen LogP contribution in [-0.2, 0) is 6.54 Å². The lowest BCUT2D eigenvalue weighted by Crippen LogP contribution is -2.05. The van der Waals surface area contributed by atoms with E-state index >= 15 is 0 Å². The van der Waals surface area contributed by atoms with Gasteiger partial charge in [-0.3, -0.25) is 4.98 Å². The summed E-state index contributed by atoms with van der Waals surface area (Å²) in [6.45, 7) is 6.66. The molecule has 0 saturated heterocycles. The van der Waals surface area contributed by atoms with Crippen LogP contribution in [0.1, 0.15) is 22.5 Å². The van der Waals surface area contributed by atoms with Crippen LogP contribution in [-0.4, -0.2) is 17.1 Å². The van der Waals surface area contributed by atoms with E-state index in [2.05, 4.69) is 27.4 Å². The maximum absolute atomic E-state index is 5.25. The van der Waals surface area contributed by atoms with E-state index in [0.717, 1.165) is 35.1 Å². The SMILES string of the molecule is COc1ccc(CNc2nc(C)cnc2C)cc1C. The smallest absolute Gasteiger partial charge is 0.148 e. The summed E-state index contributed by atoms with van der Waals surface area (Å²) in [6.07, 6.45) is 1.78. The van der Waals surface area contributed by atoms with Crippen LogP contribution in [0.25, 0.3) is 0 Å². The van der Waals surface area contributed by atoms with Crippen molar-refractivity contribution in [2.24, 2.45) is 0 Å². The normalized spacial score (nSPS) is 10.3. The van der Waals surface area contributed by atoms with Gasteiger partial charge >= 0.3 is 0 Å². The number of ether oxygens (including phenoxy) is 1. The molecule has 4 nitrogen and oxygen atoms in total. The second kappa shape index (κ2) is 5.69. The van der Waals surface area contributed by atoms with Gasteiger partial charge in [0.25, 0.3) is 0 Å². The summed E-state index contributed by atoms with van der Waals surface area (Å²) in [5.41, 5.74) is 4.16. The molecule has 2 aromatic rings. The van der Waals surface area contributed by atoms with E-state index in [1.165, 1.54) is 5.56 Å². The molecule has 0 saturated carbocycles. The Kier molecular flexibility index (Phi) is 4.00. The van der Waals surface area contributed by atoms with Crippen LogP contribution in [0.5, 0.6) is 5.75 Å². The number of nitrogens with one attached hydrogen (secondary N) is 1. The van der Waals surface area contributed by atoms with Gasteiger partial charge < -0.3 is 10.1 Å². The molecule has 0 bridgehead atoms. The molecule has 1 aromatic carbocycles. The van der Waals surface area contributed by atoms with E-state index in [0.29, 0.717) is 0 Å². The molecule has 0 unspecified atom stereocenters. The molecule has 0 radical (unpaired) electrons. The second-order valence-corrected chi connectivity index (χ2v) is 4.60. The Morgan fingerprint density at radius 2 is 2.00 bits per heavy atom. The van der Waals surface area contributed by atoms with E-state index in [-0.39, 0.29) is 0 Å². The first-order valence-electron chi connectivity index (χ1n) is 6.28. The molecular formula is C15H19N3O. The molecule has 19 heavy (non-hydrogen) atoms. The topological polar surface area (TPSA) is 47.0 Å². The fourth-order valence-corrected chi connectivity index (χ4v) is 1.94. The minimum Gasteiger partial charge on any atom is -0.496 e. The predicted octanol–water partition coefficient (Wildman–Crippen LogP) is 3.02. The number of aryl methyl sites for hydroxylation is 3. The van der Waals surface area contributed by atoms with Gasteiger partial charge in [0.2, 0.25) is 0 Å². The highest BCUT2D eigenvalue weighted by Crippen LogP contribution is 2.19. The van der Waals surface area contributed by atoms with E-state index in [4.69, 9.17) is 4.74 Å². The number of aromatic nitrogens is 2. The van der Waals surface area contributed by atoms with Gasteiger partial charge in [-0.25, -0.2) is 4.98 Å². The fourth-order valence-electron chi connectivity index (χ4n) is 1.94. The van der Waals surface area contributed by atoms with Gasteiger partial charge in [-0.1, -0.05) is 12.1 Å². The standard InChI is InChI=1S/C15H19N3O/c1-10-7-13(5-6-14(10)19-4)9-17-15-12(3)16-8-11(2)18-15/h5-8H,9H2,1-4H3,(H,17,18). The summed E-state index contributed by atoms with van der Waals surface area (Å²) in [5.74, 6) is 1.75. The average Bonchev–Trinajstić information content (AvgIpc) is 2.40. The molecule has 1 N–H and O–H groups in total. The number of anilines is 1. The number of nitrogens with zero attached hydrogens (tertiary/aromatic N) is 2. The van der Waals surface area contributed by atoms with Crippen molar-refractivity contribution in [2.75, 3.05) is 12.4 Å². The minimum atomic E-state index is 0.726. The Bertz CT molecular complexity index is 582. The van der Waals surface area contributed by atoms with E-state index in [1.807, 2.05) is 26.8 Å². The summed E-state index contributed by atoms with van der Waals surface area (Å²) < 4.78 is 5.25. The van der Waals surface area contributed by atoms with Crippen LogP contribution in [0.4, 0.5) is 5.82 Å². The lowest BCUT2D eigenvalue weighted by molar-refractivity contribution is 0.411. The molecule has 0 fully saturated rings. The Balaban J connectivity index is 2.10. The molecular weight excluding hydrogens is 238 g/mol. The highest BCUT2D eigenvalue weighted by atomic mass is 16.5. The average molecular weight is 257 g/mol. The number of methoxy groups -OCH3 is 1. The molecule has 100 valence electrons. The van der Waals surface area contributed by atoms with Crippen molar-refractivity contribution in [3.8, 4) is 5.75 Å². The maximum Gasteiger partial charge on any atom is 0.148 e. The van der Waals surface area contributed by atoms with Crippen molar-refractivity contribution in [1.82, 2.24) is 9.97 Å². The zero-order valence-electron chi connectivity index (χ0n) is 11.8. The number of hydrogen-bond donors (Lipinski definition) is 1. The summed E-state index contributed by atoms with van der Waals surface area (Å²) in [6, 6.07) is 6.16. The quantitative estimate of drug-likeness (QED) is 0.914. The largest absolute Gasteiger partial charge is 0.496 e. The van der Waals surface area contributed by atoms with E-state index in [1.54, 1.807) is 13.3 Å². The summed E-state index contributed by atoms with van der Waals surface area (Å²) in [5, 5.41) is 3.32. The molecule has 2 rings (SSSR count). The molecule has 0 spiro atoms. The van der Waals surface area contributed by atoms with Crippen molar-refractivity contribution >= 4 is 5.82 Å². The molecule has 0 amide bonds. The van der Waals surface area contributed by atoms with Gasteiger partial charge in [0.15, 0.2) is 0 Å². The Labute approximate surface area is 113 Å². The lowest BCUT2D eigenvalue weighted by atomic mass is 10.1. The van der Waals surface area contributed by atoms with Gasteiger partial charge in [0.1, 0.15) is 11.6 Å². The minimum absolute atomic E-state index is 0.726. The molecule has 0 aliphatic rings.